The third kappa shape index (κ3) is 5.78. The highest BCUT2D eigenvalue weighted by molar-refractivity contribution is 8.01. The summed E-state index contributed by atoms with van der Waals surface area (Å²) >= 11 is 2.86. The molecule has 0 aromatic carbocycles. The Kier molecular flexibility index (Phi) is 8.00. The molecule has 0 bridgehead atoms. The summed E-state index contributed by atoms with van der Waals surface area (Å²) in [5.74, 6) is 1.38. The number of carboxylic acids is 1. The minimum absolute atomic E-state index is 0.109. The summed E-state index contributed by atoms with van der Waals surface area (Å²) in [4.78, 5) is 30.8. The van der Waals surface area contributed by atoms with Crippen LogP contribution in [0.15, 0.2) is 10.4 Å². The van der Waals surface area contributed by atoms with Gasteiger partial charge in [0.15, 0.2) is 5.13 Å². The highest BCUT2D eigenvalue weighted by atomic mass is 32.2. The van der Waals surface area contributed by atoms with E-state index in [1.165, 1.54) is 42.4 Å². The maximum Gasteiger partial charge on any atom is 0.326 e. The second-order valence-electron chi connectivity index (χ2n) is 9.39. The number of carbonyl (C=O) groups excluding carboxylic acids is 1. The summed E-state index contributed by atoms with van der Waals surface area (Å²) in [5, 5.41) is 12.4. The van der Waals surface area contributed by atoms with Crippen molar-refractivity contribution < 1.29 is 19.4 Å². The monoisotopic (exact) mass is 481 g/mol. The van der Waals surface area contributed by atoms with Crippen LogP contribution in [0.5, 0.6) is 0 Å². The standard InChI is InChI=1S/C23H35N3O4S2/c1-30-23(12-9-17(10-13-23)16-7-8-16)26(18-5-3-2-4-6-18)22(29)25-21-24-15-20(32-21)31-14-11-19(27)28/h15-18H,2-14H2,1H3,(H,27,28)(H,24,25,29). The van der Waals surface area contributed by atoms with E-state index in [0.717, 1.165) is 67.4 Å². The number of carbonyl (C=O) groups is 2. The minimum Gasteiger partial charge on any atom is -0.481 e. The van der Waals surface area contributed by atoms with Crippen LogP contribution in [-0.4, -0.2) is 51.6 Å². The molecule has 2 amide bonds. The zero-order valence-corrected chi connectivity index (χ0v) is 20.5. The zero-order chi connectivity index (χ0) is 22.6. The van der Waals surface area contributed by atoms with Gasteiger partial charge in [0.1, 0.15) is 5.72 Å². The summed E-state index contributed by atoms with van der Waals surface area (Å²) in [7, 11) is 1.77. The number of aliphatic carboxylic acids is 1. The molecule has 3 saturated carbocycles. The molecule has 4 rings (SSSR count). The molecule has 0 aliphatic heterocycles. The van der Waals surface area contributed by atoms with Gasteiger partial charge in [0.25, 0.3) is 0 Å². The number of ether oxygens (including phenoxy) is 1. The Hall–Kier alpha value is -1.32. The van der Waals surface area contributed by atoms with E-state index in [-0.39, 0.29) is 18.5 Å². The fourth-order valence-corrected chi connectivity index (χ4v) is 7.34. The number of thioether (sulfide) groups is 1. The smallest absolute Gasteiger partial charge is 0.326 e. The molecule has 9 heteroatoms. The Morgan fingerprint density at radius 3 is 2.50 bits per heavy atom. The second kappa shape index (κ2) is 10.7. The van der Waals surface area contributed by atoms with Crippen molar-refractivity contribution in [3.8, 4) is 0 Å². The normalized spacial score (nSPS) is 26.6. The Bertz CT molecular complexity index is 784. The van der Waals surface area contributed by atoms with Crippen molar-refractivity contribution >= 4 is 40.2 Å². The first-order valence-corrected chi connectivity index (χ1v) is 13.8. The predicted octanol–water partition coefficient (Wildman–Crippen LogP) is 5.82. The third-order valence-electron chi connectivity index (χ3n) is 7.34. The number of amides is 2. The molecule has 0 unspecified atom stereocenters. The molecule has 1 aromatic heterocycles. The first-order chi connectivity index (χ1) is 15.5. The van der Waals surface area contributed by atoms with Gasteiger partial charge in [-0.1, -0.05) is 30.6 Å². The van der Waals surface area contributed by atoms with Gasteiger partial charge < -0.3 is 9.84 Å². The first-order valence-electron chi connectivity index (χ1n) is 12.0. The number of rotatable bonds is 9. The van der Waals surface area contributed by atoms with Crippen molar-refractivity contribution in [3.05, 3.63) is 6.20 Å². The van der Waals surface area contributed by atoms with E-state index in [9.17, 15) is 9.59 Å². The predicted molar refractivity (Wildman–Crippen MR) is 127 cm³/mol. The van der Waals surface area contributed by atoms with Crippen LogP contribution in [0.2, 0.25) is 0 Å². The quantitative estimate of drug-likeness (QED) is 0.341. The molecule has 0 spiro atoms. The van der Waals surface area contributed by atoms with Crippen LogP contribution in [0.4, 0.5) is 9.93 Å². The lowest BCUT2D eigenvalue weighted by Gasteiger charge is -2.50. The summed E-state index contributed by atoms with van der Waals surface area (Å²) in [6.45, 7) is 0. The van der Waals surface area contributed by atoms with E-state index >= 15 is 0 Å². The minimum atomic E-state index is -0.806. The van der Waals surface area contributed by atoms with Crippen LogP contribution < -0.4 is 5.32 Å². The second-order valence-corrected chi connectivity index (χ2v) is 11.8. The maximum absolute atomic E-state index is 13.6. The third-order valence-corrected chi connectivity index (χ3v) is 9.45. The number of hydrogen-bond acceptors (Lipinski definition) is 6. The van der Waals surface area contributed by atoms with Gasteiger partial charge in [-0.25, -0.2) is 9.78 Å². The van der Waals surface area contributed by atoms with Gasteiger partial charge in [0.2, 0.25) is 0 Å². The van der Waals surface area contributed by atoms with Crippen LogP contribution in [-0.2, 0) is 9.53 Å². The van der Waals surface area contributed by atoms with E-state index in [0.29, 0.717) is 10.9 Å². The molecule has 178 valence electrons. The Labute approximate surface area is 198 Å². The van der Waals surface area contributed by atoms with Crippen molar-refractivity contribution in [2.24, 2.45) is 11.8 Å². The summed E-state index contributed by atoms with van der Waals surface area (Å²) in [6, 6.07) is 0.0885. The number of hydrogen-bond donors (Lipinski definition) is 2. The van der Waals surface area contributed by atoms with Gasteiger partial charge in [-0.2, -0.15) is 0 Å². The summed E-state index contributed by atoms with van der Waals surface area (Å²) < 4.78 is 7.08. The Balaban J connectivity index is 1.45. The van der Waals surface area contributed by atoms with Crippen LogP contribution in [0.3, 0.4) is 0 Å². The number of methoxy groups -OCH3 is 1. The average molecular weight is 482 g/mol. The topological polar surface area (TPSA) is 91.8 Å². The molecule has 3 fully saturated rings. The Morgan fingerprint density at radius 1 is 1.19 bits per heavy atom. The number of aromatic nitrogens is 1. The Morgan fingerprint density at radius 2 is 1.88 bits per heavy atom. The number of carboxylic acid groups (broad SMARTS) is 1. The van der Waals surface area contributed by atoms with Crippen molar-refractivity contribution in [3.63, 3.8) is 0 Å². The van der Waals surface area contributed by atoms with E-state index in [2.05, 4.69) is 10.3 Å². The number of anilines is 1. The van der Waals surface area contributed by atoms with Crippen molar-refractivity contribution in [2.45, 2.75) is 93.0 Å². The maximum atomic E-state index is 13.6. The molecule has 3 aliphatic carbocycles. The van der Waals surface area contributed by atoms with E-state index in [4.69, 9.17) is 9.84 Å². The van der Waals surface area contributed by atoms with E-state index < -0.39 is 11.7 Å². The van der Waals surface area contributed by atoms with Crippen molar-refractivity contribution in [1.29, 1.82) is 0 Å². The van der Waals surface area contributed by atoms with Crippen LogP contribution in [0.25, 0.3) is 0 Å². The number of urea groups is 1. The van der Waals surface area contributed by atoms with Gasteiger partial charge >= 0.3 is 12.0 Å². The fourth-order valence-electron chi connectivity index (χ4n) is 5.47. The summed E-state index contributed by atoms with van der Waals surface area (Å²) in [6.07, 6.45) is 14.2. The summed E-state index contributed by atoms with van der Waals surface area (Å²) in [5.41, 5.74) is -0.534. The molecule has 1 heterocycles. The van der Waals surface area contributed by atoms with Crippen LogP contribution in [0, 0.1) is 11.8 Å². The molecular formula is C23H35N3O4S2. The molecule has 0 saturated heterocycles. The molecule has 7 nitrogen and oxygen atoms in total. The van der Waals surface area contributed by atoms with Crippen LogP contribution >= 0.6 is 23.1 Å². The lowest BCUT2D eigenvalue weighted by molar-refractivity contribution is -0.156. The molecule has 0 atom stereocenters. The lowest BCUT2D eigenvalue weighted by atomic mass is 9.79. The highest BCUT2D eigenvalue weighted by Gasteiger charge is 2.48. The molecule has 1 aromatic rings. The van der Waals surface area contributed by atoms with Crippen molar-refractivity contribution in [1.82, 2.24) is 9.88 Å². The van der Waals surface area contributed by atoms with Crippen molar-refractivity contribution in [2.75, 3.05) is 18.2 Å². The molecule has 2 N–H and O–H groups in total. The van der Waals surface area contributed by atoms with E-state index in [1.807, 2.05) is 4.90 Å². The molecule has 0 radical (unpaired) electrons. The van der Waals surface area contributed by atoms with E-state index in [1.54, 1.807) is 13.3 Å². The van der Waals surface area contributed by atoms with Gasteiger partial charge in [0.05, 0.1) is 16.8 Å². The molecule has 3 aliphatic rings. The van der Waals surface area contributed by atoms with Gasteiger partial charge in [-0.3, -0.25) is 15.0 Å². The zero-order valence-electron chi connectivity index (χ0n) is 18.9. The van der Waals surface area contributed by atoms with Crippen LogP contribution in [0.1, 0.15) is 77.0 Å². The highest BCUT2D eigenvalue weighted by Crippen LogP contribution is 2.48. The number of nitrogens with zero attached hydrogens (tertiary/aromatic N) is 2. The lowest BCUT2D eigenvalue weighted by Crippen LogP contribution is -2.60. The first kappa shape index (κ1) is 23.8. The molecule has 32 heavy (non-hydrogen) atoms. The fraction of sp³-hybridized carbons (Fsp3) is 0.783. The van der Waals surface area contributed by atoms with Gasteiger partial charge in [0, 0.05) is 18.9 Å². The SMILES string of the molecule is COC1(N(C(=O)Nc2ncc(SCCC(=O)O)s2)C2CCCCC2)CCC(C2CC2)CC1. The average Bonchev–Trinajstić information content (AvgIpc) is 3.55. The number of thiazole rings is 1. The molecular weight excluding hydrogens is 446 g/mol. The van der Waals surface area contributed by atoms with Gasteiger partial charge in [-0.15, -0.1) is 11.8 Å². The largest absolute Gasteiger partial charge is 0.481 e. The van der Waals surface area contributed by atoms with Gasteiger partial charge in [-0.05, 0) is 63.2 Å². The number of nitrogens with one attached hydrogen (secondary N) is 1.